The molecule has 524 valence electrons. The van der Waals surface area contributed by atoms with Crippen molar-refractivity contribution in [1.82, 2.24) is 34.1 Å². The lowest BCUT2D eigenvalue weighted by Gasteiger charge is -2.11. The lowest BCUT2D eigenvalue weighted by molar-refractivity contribution is 0.669. The van der Waals surface area contributed by atoms with Crippen molar-refractivity contribution in [1.29, 1.82) is 0 Å². The van der Waals surface area contributed by atoms with Gasteiger partial charge in [0.1, 0.15) is 22.3 Å². The Hall–Kier alpha value is -15.2. The first-order valence-electron chi connectivity index (χ1n) is 37.7. The van der Waals surface area contributed by atoms with Crippen molar-refractivity contribution in [2.24, 2.45) is 0 Å². The van der Waals surface area contributed by atoms with Crippen LogP contribution in [0.1, 0.15) is 0 Å². The van der Waals surface area contributed by atoms with Crippen molar-refractivity contribution < 1.29 is 8.83 Å². The highest BCUT2D eigenvalue weighted by atomic mass is 16.3. The molecule has 0 aliphatic heterocycles. The quantitative estimate of drug-likeness (QED) is 0.120. The monoisotopic (exact) mass is 1430 g/mol. The minimum atomic E-state index is 0.642. The second-order valence-electron chi connectivity index (χ2n) is 28.2. The first-order valence-corrected chi connectivity index (χ1v) is 37.7. The fraction of sp³-hybridized carbons (Fsp3) is 0. The van der Waals surface area contributed by atoms with Gasteiger partial charge in [0.2, 0.25) is 0 Å². The van der Waals surface area contributed by atoms with Crippen LogP contribution in [0.25, 0.3) is 211 Å². The van der Waals surface area contributed by atoms with Gasteiger partial charge >= 0.3 is 0 Å². The summed E-state index contributed by atoms with van der Waals surface area (Å²) in [4.78, 5) is 24.8. The van der Waals surface area contributed by atoms with Gasteiger partial charge in [-0.25, -0.2) is 24.9 Å². The summed E-state index contributed by atoms with van der Waals surface area (Å²) in [5.74, 6) is 2.65. The number of nitrogens with zero attached hydrogens (tertiary/aromatic N) is 7. The molecule has 6 heterocycles. The molecule has 0 unspecified atom stereocenters. The second-order valence-corrected chi connectivity index (χ2v) is 28.2. The maximum atomic E-state index is 6.36. The van der Waals surface area contributed by atoms with Crippen LogP contribution in [0.5, 0.6) is 0 Å². The molecule has 22 aromatic rings. The van der Waals surface area contributed by atoms with Crippen LogP contribution in [0.15, 0.2) is 403 Å². The number of fused-ring (bicyclic) bond motifs is 12. The summed E-state index contributed by atoms with van der Waals surface area (Å²) in [6, 6.07) is 138. The molecule has 0 saturated carbocycles. The van der Waals surface area contributed by atoms with Crippen LogP contribution in [0.4, 0.5) is 0 Å². The molecule has 0 radical (unpaired) electrons. The van der Waals surface area contributed by atoms with Crippen LogP contribution in [-0.4, -0.2) is 34.1 Å². The van der Waals surface area contributed by atoms with Crippen molar-refractivity contribution in [2.45, 2.75) is 0 Å². The zero-order valence-electron chi connectivity index (χ0n) is 60.5. The van der Waals surface area contributed by atoms with Gasteiger partial charge in [0, 0.05) is 99.0 Å². The summed E-state index contributed by atoms with van der Waals surface area (Å²) in [5, 5.41) is 9.40. The van der Waals surface area contributed by atoms with Crippen molar-refractivity contribution >= 4 is 87.5 Å². The molecule has 0 N–H and O–H groups in total. The highest BCUT2D eigenvalue weighted by molar-refractivity contribution is 6.14. The SMILES string of the molecule is c1ccc(-c2cc(-c3ccccc3)nc(-c3ccc(-c4ccc5c(c4)c4ccccc4n5-c4ccc(-c5cccc6c5oc5ccccc56)cc4)cc3)n2)cc1.c1ccc(-c2nc(-c3ccccc3)nc(-c3ccc(-c4ccc5c(c4)c4ccccc4n5-c4ccc(-c5cccc6c5oc5ccccc56)cc4)cc3)n2)cc1. The van der Waals surface area contributed by atoms with Gasteiger partial charge in [-0.15, -0.1) is 0 Å². The number of hydrogen-bond donors (Lipinski definition) is 0. The molecule has 9 heteroatoms. The number of para-hydroxylation sites is 6. The molecule has 0 aliphatic rings. The fourth-order valence-electron chi connectivity index (χ4n) is 16.0. The van der Waals surface area contributed by atoms with Gasteiger partial charge in [-0.05, 0) is 112 Å². The summed E-state index contributed by atoms with van der Waals surface area (Å²) >= 11 is 0. The zero-order chi connectivity index (χ0) is 74.0. The van der Waals surface area contributed by atoms with E-state index in [1.807, 2.05) is 121 Å². The molecule has 0 bridgehead atoms. The van der Waals surface area contributed by atoms with Crippen molar-refractivity contribution in [3.05, 3.63) is 394 Å². The van der Waals surface area contributed by atoms with E-state index < -0.39 is 0 Å². The summed E-state index contributed by atoms with van der Waals surface area (Å²) in [6.07, 6.45) is 0. The lowest BCUT2D eigenvalue weighted by atomic mass is 10.0. The second kappa shape index (κ2) is 27.5. The van der Waals surface area contributed by atoms with E-state index in [0.717, 1.165) is 150 Å². The van der Waals surface area contributed by atoms with Gasteiger partial charge in [0.05, 0.1) is 33.5 Å². The van der Waals surface area contributed by atoms with Crippen LogP contribution in [0, 0.1) is 0 Å². The third-order valence-electron chi connectivity index (χ3n) is 21.5. The molecular weight excluding hydrogens is 1370 g/mol. The van der Waals surface area contributed by atoms with E-state index >= 15 is 0 Å². The Morgan fingerprint density at radius 2 is 0.473 bits per heavy atom. The fourth-order valence-corrected chi connectivity index (χ4v) is 16.0. The topological polar surface area (TPSA) is 101 Å². The Morgan fingerprint density at radius 3 is 0.875 bits per heavy atom. The average Bonchev–Trinajstić information content (AvgIpc) is 1.59. The molecular formula is C103H65N7O2. The lowest BCUT2D eigenvalue weighted by Crippen LogP contribution is -2.00. The smallest absolute Gasteiger partial charge is 0.164 e. The Kier molecular flexibility index (Phi) is 16.0. The van der Waals surface area contributed by atoms with Gasteiger partial charge in [0.15, 0.2) is 23.3 Å². The first kappa shape index (κ1) is 65.1. The van der Waals surface area contributed by atoms with E-state index in [0.29, 0.717) is 23.3 Å². The molecule has 112 heavy (non-hydrogen) atoms. The van der Waals surface area contributed by atoms with E-state index in [1.165, 1.54) is 38.1 Å². The Morgan fingerprint density at radius 1 is 0.179 bits per heavy atom. The maximum Gasteiger partial charge on any atom is 0.164 e. The highest BCUT2D eigenvalue weighted by Crippen LogP contribution is 2.43. The molecule has 6 aromatic heterocycles. The average molecular weight is 1430 g/mol. The van der Waals surface area contributed by atoms with Crippen LogP contribution in [-0.2, 0) is 0 Å². The van der Waals surface area contributed by atoms with Gasteiger partial charge in [-0.3, -0.25) is 0 Å². The van der Waals surface area contributed by atoms with Crippen LogP contribution in [0.2, 0.25) is 0 Å². The molecule has 0 saturated heterocycles. The molecule has 0 fully saturated rings. The van der Waals surface area contributed by atoms with Gasteiger partial charge < -0.3 is 18.0 Å². The number of aromatic nitrogens is 7. The summed E-state index contributed by atoms with van der Waals surface area (Å²) in [7, 11) is 0. The largest absolute Gasteiger partial charge is 0.455 e. The molecule has 0 atom stereocenters. The zero-order valence-corrected chi connectivity index (χ0v) is 60.5. The standard InChI is InChI=1S/C52H33N3O.C51H32N4O/c1-3-12-36(13-4-1)46-33-47(37-14-5-2-6-15-37)54-52(53-46)38-24-22-34(23-25-38)39-28-31-49-45(32-39)42-16-7-9-20-48(42)55(49)40-29-26-35(27-30-40)41-18-11-19-44-43-17-8-10-21-50(43)56-51(41)44;1-3-12-35(13-4-1)49-52-50(36-14-5-2-6-15-36)54-51(53-49)37-24-22-33(23-25-37)38-28-31-46-44(32-38)41-16-7-9-20-45(41)55(46)39-29-26-34(27-30-39)40-18-11-19-43-42-17-8-10-21-47(42)56-48(40)43/h1-33H;1-32H. The van der Waals surface area contributed by atoms with E-state index in [2.05, 4.69) is 282 Å². The minimum Gasteiger partial charge on any atom is -0.455 e. The van der Waals surface area contributed by atoms with Gasteiger partial charge in [-0.2, -0.15) is 0 Å². The number of benzene rings is 16. The van der Waals surface area contributed by atoms with Crippen molar-refractivity contribution in [2.75, 3.05) is 0 Å². The van der Waals surface area contributed by atoms with Crippen LogP contribution < -0.4 is 0 Å². The molecule has 0 amide bonds. The van der Waals surface area contributed by atoms with E-state index in [9.17, 15) is 0 Å². The predicted molar refractivity (Wildman–Crippen MR) is 459 cm³/mol. The molecule has 0 aliphatic carbocycles. The van der Waals surface area contributed by atoms with Crippen molar-refractivity contribution in [3.8, 4) is 124 Å². The summed E-state index contributed by atoms with van der Waals surface area (Å²) in [5.41, 5.74) is 27.3. The Labute approximate surface area is 644 Å². The summed E-state index contributed by atoms with van der Waals surface area (Å²) < 4.78 is 17.5. The van der Waals surface area contributed by atoms with Gasteiger partial charge in [0.25, 0.3) is 0 Å². The Bertz CT molecular complexity index is 6760. The van der Waals surface area contributed by atoms with Crippen molar-refractivity contribution in [3.63, 3.8) is 0 Å². The minimum absolute atomic E-state index is 0.642. The van der Waals surface area contributed by atoms with Gasteiger partial charge in [-0.1, -0.05) is 315 Å². The highest BCUT2D eigenvalue weighted by Gasteiger charge is 2.21. The maximum absolute atomic E-state index is 6.36. The predicted octanol–water partition coefficient (Wildman–Crippen LogP) is 27.0. The number of rotatable bonds is 12. The van der Waals surface area contributed by atoms with Crippen LogP contribution in [0.3, 0.4) is 0 Å². The number of furan rings is 2. The van der Waals surface area contributed by atoms with E-state index in [-0.39, 0.29) is 0 Å². The molecule has 22 rings (SSSR count). The van der Waals surface area contributed by atoms with Crippen LogP contribution >= 0.6 is 0 Å². The third-order valence-corrected chi connectivity index (χ3v) is 21.5. The molecule has 16 aromatic carbocycles. The first-order chi connectivity index (χ1) is 55.5. The Balaban J connectivity index is 0.000000141. The van der Waals surface area contributed by atoms with E-state index in [1.54, 1.807) is 0 Å². The normalized spacial score (nSPS) is 11.6. The van der Waals surface area contributed by atoms with E-state index in [4.69, 9.17) is 33.8 Å². The third kappa shape index (κ3) is 11.7. The molecule has 0 spiro atoms. The molecule has 9 nitrogen and oxygen atoms in total. The summed E-state index contributed by atoms with van der Waals surface area (Å²) in [6.45, 7) is 0. The number of hydrogen-bond acceptors (Lipinski definition) is 7.